The van der Waals surface area contributed by atoms with Crippen molar-refractivity contribution in [2.24, 2.45) is 16.6 Å². The van der Waals surface area contributed by atoms with Crippen LogP contribution in [-0.2, 0) is 6.42 Å². The Labute approximate surface area is 156 Å². The zero-order valence-corrected chi connectivity index (χ0v) is 16.3. The van der Waals surface area contributed by atoms with Gasteiger partial charge >= 0.3 is 0 Å². The maximum atomic E-state index is 5.88. The average molecular weight is 433 g/mol. The smallest absolute Gasteiger partial charge is 0.188 e. The maximum Gasteiger partial charge on any atom is 0.188 e. The highest BCUT2D eigenvalue weighted by Gasteiger charge is 2.16. The van der Waals surface area contributed by atoms with Gasteiger partial charge in [0.05, 0.1) is 14.2 Å². The standard InChI is InChI=1S/C17H27N3O2.HI/c1-21-15-8-9-16(22-2)14(11-15)7-4-10-19-17(18)20-12-13-5-3-6-13;/h8-9,11,13H,3-7,10,12H2,1-2H3,(H3,18,19,20);1H. The van der Waals surface area contributed by atoms with E-state index in [0.717, 1.165) is 48.9 Å². The zero-order valence-electron chi connectivity index (χ0n) is 14.0. The molecule has 1 saturated carbocycles. The first-order chi connectivity index (χ1) is 10.7. The average Bonchev–Trinajstić information content (AvgIpc) is 2.49. The van der Waals surface area contributed by atoms with Crippen molar-refractivity contribution in [1.82, 2.24) is 5.32 Å². The monoisotopic (exact) mass is 433 g/mol. The van der Waals surface area contributed by atoms with E-state index in [1.54, 1.807) is 14.2 Å². The fourth-order valence-corrected chi connectivity index (χ4v) is 2.53. The van der Waals surface area contributed by atoms with E-state index in [0.29, 0.717) is 5.96 Å². The summed E-state index contributed by atoms with van der Waals surface area (Å²) in [5.41, 5.74) is 7.02. The Bertz CT molecular complexity index is 505. The number of nitrogens with one attached hydrogen (secondary N) is 1. The number of hydrogen-bond acceptors (Lipinski definition) is 3. The second-order valence-electron chi connectivity index (χ2n) is 5.73. The molecule has 0 aliphatic heterocycles. The molecule has 23 heavy (non-hydrogen) atoms. The molecule has 1 fully saturated rings. The second-order valence-corrected chi connectivity index (χ2v) is 5.73. The molecule has 6 heteroatoms. The molecule has 1 aliphatic carbocycles. The van der Waals surface area contributed by atoms with Crippen LogP contribution in [0.5, 0.6) is 11.5 Å². The lowest BCUT2D eigenvalue weighted by atomic mass is 9.86. The molecule has 130 valence electrons. The lowest BCUT2D eigenvalue weighted by molar-refractivity contribution is 0.326. The van der Waals surface area contributed by atoms with Gasteiger partial charge in [-0.3, -0.25) is 4.99 Å². The first-order valence-corrected chi connectivity index (χ1v) is 7.97. The number of aryl methyl sites for hydroxylation is 1. The molecule has 1 aromatic carbocycles. The molecule has 0 atom stereocenters. The van der Waals surface area contributed by atoms with Gasteiger partial charge in [-0.1, -0.05) is 6.42 Å². The predicted molar refractivity (Wildman–Crippen MR) is 105 cm³/mol. The van der Waals surface area contributed by atoms with Crippen LogP contribution in [0.1, 0.15) is 31.2 Å². The Hall–Kier alpha value is -1.18. The molecule has 1 aliphatic rings. The highest BCUT2D eigenvalue weighted by atomic mass is 127. The minimum absolute atomic E-state index is 0. The molecule has 0 radical (unpaired) electrons. The largest absolute Gasteiger partial charge is 0.497 e. The summed E-state index contributed by atoms with van der Waals surface area (Å²) in [7, 11) is 3.36. The van der Waals surface area contributed by atoms with Crippen LogP contribution >= 0.6 is 24.0 Å². The quantitative estimate of drug-likeness (QED) is 0.286. The molecule has 1 aromatic rings. The van der Waals surface area contributed by atoms with E-state index in [-0.39, 0.29) is 24.0 Å². The van der Waals surface area contributed by atoms with Gasteiger partial charge in [-0.15, -0.1) is 24.0 Å². The highest BCUT2D eigenvalue weighted by molar-refractivity contribution is 14.0. The molecule has 2 rings (SSSR count). The fraction of sp³-hybridized carbons (Fsp3) is 0.588. The molecule has 0 amide bonds. The number of guanidine groups is 1. The van der Waals surface area contributed by atoms with Gasteiger partial charge in [-0.05, 0) is 55.4 Å². The van der Waals surface area contributed by atoms with Gasteiger partial charge < -0.3 is 20.5 Å². The summed E-state index contributed by atoms with van der Waals surface area (Å²) >= 11 is 0. The zero-order chi connectivity index (χ0) is 15.8. The van der Waals surface area contributed by atoms with Crippen LogP contribution < -0.4 is 20.5 Å². The molecule has 0 aromatic heterocycles. The van der Waals surface area contributed by atoms with Crippen molar-refractivity contribution in [3.8, 4) is 11.5 Å². The van der Waals surface area contributed by atoms with Crippen LogP contribution in [0.25, 0.3) is 0 Å². The van der Waals surface area contributed by atoms with E-state index < -0.39 is 0 Å². The van der Waals surface area contributed by atoms with Crippen LogP contribution in [0.2, 0.25) is 0 Å². The third-order valence-corrected chi connectivity index (χ3v) is 4.16. The Balaban J connectivity index is 0.00000264. The third-order valence-electron chi connectivity index (χ3n) is 4.16. The number of nitrogens with zero attached hydrogens (tertiary/aromatic N) is 1. The number of nitrogens with two attached hydrogens (primary N) is 1. The number of ether oxygens (including phenoxy) is 2. The van der Waals surface area contributed by atoms with Gasteiger partial charge in [-0.25, -0.2) is 0 Å². The Morgan fingerprint density at radius 2 is 2.09 bits per heavy atom. The lowest BCUT2D eigenvalue weighted by Gasteiger charge is -2.23. The number of hydrogen-bond donors (Lipinski definition) is 2. The van der Waals surface area contributed by atoms with Crippen LogP contribution in [-0.4, -0.2) is 33.3 Å². The van der Waals surface area contributed by atoms with E-state index in [2.05, 4.69) is 10.3 Å². The van der Waals surface area contributed by atoms with Crippen LogP contribution in [0.4, 0.5) is 0 Å². The number of aliphatic imine (C=N–C) groups is 1. The van der Waals surface area contributed by atoms with Crippen molar-refractivity contribution >= 4 is 29.9 Å². The van der Waals surface area contributed by atoms with Crippen molar-refractivity contribution < 1.29 is 9.47 Å². The van der Waals surface area contributed by atoms with E-state index in [1.807, 2.05) is 18.2 Å². The number of rotatable bonds is 8. The van der Waals surface area contributed by atoms with Crippen LogP contribution in [0, 0.1) is 5.92 Å². The molecule has 0 unspecified atom stereocenters. The number of methoxy groups -OCH3 is 2. The van der Waals surface area contributed by atoms with E-state index in [4.69, 9.17) is 15.2 Å². The maximum absolute atomic E-state index is 5.88. The predicted octanol–water partition coefficient (Wildman–Crippen LogP) is 2.96. The summed E-state index contributed by atoms with van der Waals surface area (Å²) in [6, 6.07) is 5.87. The number of benzene rings is 1. The molecule has 5 nitrogen and oxygen atoms in total. The first kappa shape index (κ1) is 19.9. The van der Waals surface area contributed by atoms with Gasteiger partial charge in [0.25, 0.3) is 0 Å². The van der Waals surface area contributed by atoms with E-state index in [9.17, 15) is 0 Å². The molecule has 0 saturated heterocycles. The summed E-state index contributed by atoms with van der Waals surface area (Å²) < 4.78 is 10.6. The summed E-state index contributed by atoms with van der Waals surface area (Å²) in [6.45, 7) is 1.67. The Morgan fingerprint density at radius 1 is 1.30 bits per heavy atom. The fourth-order valence-electron chi connectivity index (χ4n) is 2.53. The molecular weight excluding hydrogens is 405 g/mol. The molecule has 3 N–H and O–H groups in total. The van der Waals surface area contributed by atoms with Crippen molar-refractivity contribution in [2.45, 2.75) is 32.1 Å². The van der Waals surface area contributed by atoms with Gasteiger partial charge in [0.15, 0.2) is 5.96 Å². The highest BCUT2D eigenvalue weighted by Crippen LogP contribution is 2.26. The first-order valence-electron chi connectivity index (χ1n) is 7.97. The van der Waals surface area contributed by atoms with Crippen LogP contribution in [0.3, 0.4) is 0 Å². The van der Waals surface area contributed by atoms with E-state index in [1.165, 1.54) is 19.3 Å². The van der Waals surface area contributed by atoms with Crippen molar-refractivity contribution in [3.05, 3.63) is 23.8 Å². The Kier molecular flexibility index (Phi) is 9.13. The second kappa shape index (κ2) is 10.6. The SMILES string of the molecule is COc1ccc(OC)c(CCCNC(N)=NCC2CCC2)c1.I. The van der Waals surface area contributed by atoms with Crippen molar-refractivity contribution in [3.63, 3.8) is 0 Å². The van der Waals surface area contributed by atoms with Crippen molar-refractivity contribution in [1.29, 1.82) is 0 Å². The molecule has 0 heterocycles. The van der Waals surface area contributed by atoms with Crippen molar-refractivity contribution in [2.75, 3.05) is 27.3 Å². The third kappa shape index (κ3) is 6.45. The molecule has 0 spiro atoms. The lowest BCUT2D eigenvalue weighted by Crippen LogP contribution is -2.33. The van der Waals surface area contributed by atoms with Crippen LogP contribution in [0.15, 0.2) is 23.2 Å². The minimum atomic E-state index is 0. The summed E-state index contributed by atoms with van der Waals surface area (Å²) in [5.74, 6) is 3.06. The summed E-state index contributed by atoms with van der Waals surface area (Å²) in [5, 5.41) is 3.18. The van der Waals surface area contributed by atoms with E-state index >= 15 is 0 Å². The normalized spacial score (nSPS) is 14.6. The molecule has 0 bridgehead atoms. The minimum Gasteiger partial charge on any atom is -0.497 e. The number of halogens is 1. The Morgan fingerprint density at radius 3 is 2.70 bits per heavy atom. The summed E-state index contributed by atoms with van der Waals surface area (Å²) in [4.78, 5) is 4.39. The van der Waals surface area contributed by atoms with Gasteiger partial charge in [0, 0.05) is 13.1 Å². The van der Waals surface area contributed by atoms with Gasteiger partial charge in [0.2, 0.25) is 0 Å². The van der Waals surface area contributed by atoms with Gasteiger partial charge in [-0.2, -0.15) is 0 Å². The van der Waals surface area contributed by atoms with Gasteiger partial charge in [0.1, 0.15) is 11.5 Å². The topological polar surface area (TPSA) is 68.9 Å². The summed E-state index contributed by atoms with van der Waals surface area (Å²) in [6.07, 6.45) is 5.81. The molecular formula is C17H28IN3O2.